The Bertz CT molecular complexity index is 804. The summed E-state index contributed by atoms with van der Waals surface area (Å²) < 4.78 is 15.5. The number of hydrogen-bond donors (Lipinski definition) is 1. The zero-order chi connectivity index (χ0) is 19.8. The normalized spacial score (nSPS) is 13.7. The molecule has 1 fully saturated rings. The number of carbonyl (C=O) groups excluding carboxylic acids is 2. The van der Waals surface area contributed by atoms with Crippen molar-refractivity contribution in [2.75, 3.05) is 44.9 Å². The van der Waals surface area contributed by atoms with Crippen molar-refractivity contribution in [3.05, 3.63) is 53.7 Å². The van der Waals surface area contributed by atoms with Crippen molar-refractivity contribution < 1.29 is 23.8 Å². The molecule has 8 heteroatoms. The van der Waals surface area contributed by atoms with Crippen molar-refractivity contribution in [3.63, 3.8) is 0 Å². The van der Waals surface area contributed by atoms with Gasteiger partial charge >= 0.3 is 5.97 Å². The van der Waals surface area contributed by atoms with Crippen LogP contribution in [0.1, 0.15) is 15.9 Å². The number of amides is 1. The predicted molar refractivity (Wildman–Crippen MR) is 102 cm³/mol. The van der Waals surface area contributed by atoms with Crippen molar-refractivity contribution in [2.45, 2.75) is 6.54 Å². The number of hydrogen-bond acceptors (Lipinski definition) is 7. The number of nitrogens with one attached hydrogen (secondary N) is 1. The number of rotatable bonds is 7. The van der Waals surface area contributed by atoms with Crippen LogP contribution in [0.15, 0.2) is 42.6 Å². The molecule has 148 valence electrons. The van der Waals surface area contributed by atoms with Gasteiger partial charge in [0.1, 0.15) is 11.6 Å². The van der Waals surface area contributed by atoms with E-state index < -0.39 is 5.97 Å². The number of nitrogens with zero attached hydrogens (tertiary/aromatic N) is 2. The summed E-state index contributed by atoms with van der Waals surface area (Å²) in [5, 5.41) is 2.70. The second-order valence-corrected chi connectivity index (χ2v) is 6.21. The molecule has 1 aliphatic rings. The highest BCUT2D eigenvalue weighted by atomic mass is 16.5. The molecule has 1 aliphatic heterocycles. The van der Waals surface area contributed by atoms with Gasteiger partial charge in [-0.2, -0.15) is 0 Å². The largest absolute Gasteiger partial charge is 0.497 e. The molecule has 1 amide bonds. The van der Waals surface area contributed by atoms with E-state index in [2.05, 4.69) is 15.2 Å². The van der Waals surface area contributed by atoms with Crippen LogP contribution in [-0.2, 0) is 20.8 Å². The maximum Gasteiger partial charge on any atom is 0.340 e. The molecule has 3 rings (SSSR count). The highest BCUT2D eigenvalue weighted by Gasteiger charge is 2.15. The van der Waals surface area contributed by atoms with E-state index in [0.717, 1.165) is 24.5 Å². The number of morpholine rings is 1. The molecule has 1 saturated heterocycles. The molecule has 0 aliphatic carbocycles. The van der Waals surface area contributed by atoms with Gasteiger partial charge in [-0.1, -0.05) is 12.1 Å². The Morgan fingerprint density at radius 3 is 2.75 bits per heavy atom. The number of benzene rings is 1. The fourth-order valence-corrected chi connectivity index (χ4v) is 2.73. The molecule has 0 bridgehead atoms. The highest BCUT2D eigenvalue weighted by Crippen LogP contribution is 2.14. The van der Waals surface area contributed by atoms with Crippen molar-refractivity contribution in [1.29, 1.82) is 0 Å². The van der Waals surface area contributed by atoms with E-state index in [0.29, 0.717) is 31.1 Å². The number of esters is 1. The average molecular weight is 385 g/mol. The third-order valence-corrected chi connectivity index (χ3v) is 4.28. The molecule has 2 heterocycles. The fourth-order valence-electron chi connectivity index (χ4n) is 2.73. The van der Waals surface area contributed by atoms with Crippen molar-refractivity contribution >= 4 is 17.7 Å². The van der Waals surface area contributed by atoms with Crippen LogP contribution in [0, 0.1) is 0 Å². The van der Waals surface area contributed by atoms with Gasteiger partial charge in [-0.25, -0.2) is 9.78 Å². The minimum Gasteiger partial charge on any atom is -0.497 e. The fraction of sp³-hybridized carbons (Fsp3) is 0.350. The van der Waals surface area contributed by atoms with Gasteiger partial charge in [0.25, 0.3) is 5.91 Å². The molecule has 1 aromatic carbocycles. The molecule has 0 saturated carbocycles. The van der Waals surface area contributed by atoms with E-state index in [1.807, 2.05) is 24.3 Å². The van der Waals surface area contributed by atoms with Crippen LogP contribution < -0.4 is 15.0 Å². The lowest BCUT2D eigenvalue weighted by Gasteiger charge is -2.27. The van der Waals surface area contributed by atoms with Gasteiger partial charge in [-0.3, -0.25) is 4.79 Å². The average Bonchev–Trinajstić information content (AvgIpc) is 2.77. The summed E-state index contributed by atoms with van der Waals surface area (Å²) in [4.78, 5) is 30.4. The van der Waals surface area contributed by atoms with Crippen LogP contribution in [0.5, 0.6) is 5.75 Å². The smallest absolute Gasteiger partial charge is 0.340 e. The van der Waals surface area contributed by atoms with Gasteiger partial charge in [0.2, 0.25) is 0 Å². The van der Waals surface area contributed by atoms with E-state index in [1.165, 1.54) is 6.20 Å². The number of anilines is 1. The van der Waals surface area contributed by atoms with Crippen molar-refractivity contribution in [1.82, 2.24) is 10.3 Å². The number of ether oxygens (including phenoxy) is 3. The SMILES string of the molecule is COc1cccc(CNC(=O)COC(=O)c2ccc(N3CCOCC3)nc2)c1. The van der Waals surface area contributed by atoms with Crippen LogP contribution in [-0.4, -0.2) is 56.9 Å². The van der Waals surface area contributed by atoms with E-state index >= 15 is 0 Å². The Kier molecular flexibility index (Phi) is 6.80. The van der Waals surface area contributed by atoms with E-state index in [1.54, 1.807) is 19.2 Å². The summed E-state index contributed by atoms with van der Waals surface area (Å²) in [6, 6.07) is 10.8. The summed E-state index contributed by atoms with van der Waals surface area (Å²) in [7, 11) is 1.58. The number of aromatic nitrogens is 1. The summed E-state index contributed by atoms with van der Waals surface area (Å²) in [5.41, 5.74) is 1.19. The number of pyridine rings is 1. The van der Waals surface area contributed by atoms with Crippen LogP contribution >= 0.6 is 0 Å². The first-order valence-electron chi connectivity index (χ1n) is 9.01. The Labute approximate surface area is 163 Å². The summed E-state index contributed by atoms with van der Waals surface area (Å²) in [6.45, 7) is 2.83. The molecule has 2 aromatic rings. The van der Waals surface area contributed by atoms with E-state index in [-0.39, 0.29) is 12.5 Å². The Balaban J connectivity index is 1.44. The molecule has 8 nitrogen and oxygen atoms in total. The van der Waals surface area contributed by atoms with Gasteiger partial charge in [-0.15, -0.1) is 0 Å². The van der Waals surface area contributed by atoms with Gasteiger partial charge in [-0.05, 0) is 29.8 Å². The molecule has 0 unspecified atom stereocenters. The van der Waals surface area contributed by atoms with Crippen molar-refractivity contribution in [3.8, 4) is 5.75 Å². The number of methoxy groups -OCH3 is 1. The Hall–Kier alpha value is -3.13. The zero-order valence-corrected chi connectivity index (χ0v) is 15.7. The first-order valence-corrected chi connectivity index (χ1v) is 9.01. The second-order valence-electron chi connectivity index (χ2n) is 6.21. The summed E-state index contributed by atoms with van der Waals surface area (Å²) in [5.74, 6) is 0.536. The van der Waals surface area contributed by atoms with Crippen LogP contribution in [0.3, 0.4) is 0 Å². The Morgan fingerprint density at radius 1 is 1.21 bits per heavy atom. The zero-order valence-electron chi connectivity index (χ0n) is 15.7. The first-order chi connectivity index (χ1) is 13.7. The summed E-state index contributed by atoms with van der Waals surface area (Å²) in [6.07, 6.45) is 1.46. The Morgan fingerprint density at radius 2 is 2.04 bits per heavy atom. The van der Waals surface area contributed by atoms with Crippen LogP contribution in [0.4, 0.5) is 5.82 Å². The second kappa shape index (κ2) is 9.70. The highest BCUT2D eigenvalue weighted by molar-refractivity contribution is 5.91. The van der Waals surface area contributed by atoms with Gasteiger partial charge < -0.3 is 24.4 Å². The lowest BCUT2D eigenvalue weighted by molar-refractivity contribution is -0.124. The predicted octanol–water partition coefficient (Wildman–Crippen LogP) is 1.40. The minimum atomic E-state index is -0.586. The van der Waals surface area contributed by atoms with Gasteiger partial charge in [0, 0.05) is 25.8 Å². The standard InChI is InChI=1S/C20H23N3O5/c1-26-17-4-2-3-15(11-17)12-22-19(24)14-28-20(25)16-5-6-18(21-13-16)23-7-9-27-10-8-23/h2-6,11,13H,7-10,12,14H2,1H3,(H,22,24). The molecule has 28 heavy (non-hydrogen) atoms. The third kappa shape index (κ3) is 5.43. The van der Waals surface area contributed by atoms with E-state index in [4.69, 9.17) is 14.2 Å². The maximum atomic E-state index is 12.1. The van der Waals surface area contributed by atoms with E-state index in [9.17, 15) is 9.59 Å². The quantitative estimate of drug-likeness (QED) is 0.721. The van der Waals surface area contributed by atoms with Gasteiger partial charge in [0.15, 0.2) is 6.61 Å². The molecular weight excluding hydrogens is 362 g/mol. The van der Waals surface area contributed by atoms with Crippen LogP contribution in [0.25, 0.3) is 0 Å². The lowest BCUT2D eigenvalue weighted by Crippen LogP contribution is -2.36. The molecule has 0 atom stereocenters. The summed E-state index contributed by atoms with van der Waals surface area (Å²) >= 11 is 0. The lowest BCUT2D eigenvalue weighted by atomic mass is 10.2. The van der Waals surface area contributed by atoms with Gasteiger partial charge in [0.05, 0.1) is 25.9 Å². The van der Waals surface area contributed by atoms with Crippen LogP contribution in [0.2, 0.25) is 0 Å². The molecule has 0 radical (unpaired) electrons. The monoisotopic (exact) mass is 385 g/mol. The number of carbonyl (C=O) groups is 2. The maximum absolute atomic E-state index is 12.1. The molecular formula is C20H23N3O5. The van der Waals surface area contributed by atoms with Crippen molar-refractivity contribution in [2.24, 2.45) is 0 Å². The first kappa shape index (κ1) is 19.6. The topological polar surface area (TPSA) is 90.0 Å². The molecule has 1 N–H and O–H groups in total. The minimum absolute atomic E-state index is 0.303. The molecule has 1 aromatic heterocycles. The molecule has 0 spiro atoms. The third-order valence-electron chi connectivity index (χ3n) is 4.28.